The molecule has 0 bridgehead atoms. The number of alkyl halides is 3. The van der Waals surface area contributed by atoms with Gasteiger partial charge in [0.15, 0.2) is 5.82 Å². The Balaban J connectivity index is 1.97. The Labute approximate surface area is 229 Å². The van der Waals surface area contributed by atoms with Crippen LogP contribution in [0.1, 0.15) is 29.8 Å². The first-order valence-corrected chi connectivity index (χ1v) is 15.6. The minimum absolute atomic E-state index is 0.0190. The zero-order chi connectivity index (χ0) is 28.6. The molecule has 38 heavy (non-hydrogen) atoms. The summed E-state index contributed by atoms with van der Waals surface area (Å²) in [4.78, 5) is 20.8. The maximum absolute atomic E-state index is 15.3. The normalized spacial score (nSPS) is 19.4. The number of aromatic nitrogens is 1. The van der Waals surface area contributed by atoms with Gasteiger partial charge in [-0.25, -0.2) is 23.8 Å². The molecule has 2 atom stereocenters. The number of halogens is 6. The average molecular weight is 628 g/mol. The van der Waals surface area contributed by atoms with Gasteiger partial charge in [-0.3, -0.25) is 9.69 Å². The van der Waals surface area contributed by atoms with Crippen molar-refractivity contribution >= 4 is 43.2 Å². The Kier molecular flexibility index (Phi) is 9.25. The van der Waals surface area contributed by atoms with Crippen LogP contribution in [-0.2, 0) is 6.18 Å². The lowest BCUT2D eigenvalue weighted by atomic mass is 10.1. The zero-order valence-corrected chi connectivity index (χ0v) is 24.5. The summed E-state index contributed by atoms with van der Waals surface area (Å²) in [6.07, 6.45) is 1.98. The van der Waals surface area contributed by atoms with Gasteiger partial charge in [-0.2, -0.15) is 13.2 Å². The minimum atomic E-state index is -4.91. The van der Waals surface area contributed by atoms with Crippen molar-refractivity contribution in [3.63, 3.8) is 0 Å². The first kappa shape index (κ1) is 30.4. The second-order valence-electron chi connectivity index (χ2n) is 10.3. The van der Waals surface area contributed by atoms with E-state index in [0.29, 0.717) is 24.9 Å². The zero-order valence-electron chi connectivity index (χ0n) is 22.0. The van der Waals surface area contributed by atoms with Crippen molar-refractivity contribution in [1.29, 1.82) is 0 Å². The molecule has 0 radical (unpaired) electrons. The number of pyridine rings is 1. The highest BCUT2D eigenvalue weighted by Crippen LogP contribution is 2.39. The van der Waals surface area contributed by atoms with Crippen molar-refractivity contribution in [3.8, 4) is 5.88 Å². The summed E-state index contributed by atoms with van der Waals surface area (Å²) < 4.78 is 76.4. The fraction of sp³-hybridized carbons (Fsp3) is 0.520. The SMILES string of the molecule is C[C@@H]1CN(c2cc(F)c(Br)c(F)c2NC(=O)c2cnc(OCCS(C)(C)C)cc2C(F)(F)F)C[C@H](C)N1C. The predicted molar refractivity (Wildman–Crippen MR) is 146 cm³/mol. The molecule has 212 valence electrons. The molecule has 1 saturated heterocycles. The summed E-state index contributed by atoms with van der Waals surface area (Å²) in [6, 6.07) is 1.76. The molecule has 3 rings (SSSR count). The van der Waals surface area contributed by atoms with Crippen LogP contribution >= 0.6 is 26.0 Å². The van der Waals surface area contributed by atoms with Crippen LogP contribution in [-0.4, -0.2) is 79.1 Å². The number of carbonyl (C=O) groups is 1. The van der Waals surface area contributed by atoms with E-state index in [-0.39, 0.29) is 30.3 Å². The number of likely N-dealkylation sites (N-methyl/N-ethyl adjacent to an activating group) is 1. The quantitative estimate of drug-likeness (QED) is 0.302. The van der Waals surface area contributed by atoms with E-state index in [4.69, 9.17) is 4.74 Å². The molecule has 13 heteroatoms. The fourth-order valence-electron chi connectivity index (χ4n) is 4.06. The van der Waals surface area contributed by atoms with Crippen LogP contribution in [0.25, 0.3) is 0 Å². The van der Waals surface area contributed by atoms with Gasteiger partial charge >= 0.3 is 6.18 Å². The summed E-state index contributed by atoms with van der Waals surface area (Å²) in [7, 11) is 0.997. The monoisotopic (exact) mass is 626 g/mol. The van der Waals surface area contributed by atoms with Crippen LogP contribution in [0.4, 0.5) is 33.3 Å². The van der Waals surface area contributed by atoms with Crippen LogP contribution < -0.4 is 15.0 Å². The minimum Gasteiger partial charge on any atom is -0.477 e. The van der Waals surface area contributed by atoms with Crippen LogP contribution in [0, 0.1) is 11.6 Å². The lowest BCUT2D eigenvalue weighted by Crippen LogP contribution is -2.55. The first-order chi connectivity index (χ1) is 17.5. The number of nitrogens with zero attached hydrogens (tertiary/aromatic N) is 3. The van der Waals surface area contributed by atoms with Crippen molar-refractivity contribution < 1.29 is 31.5 Å². The van der Waals surface area contributed by atoms with E-state index < -0.39 is 55.0 Å². The Morgan fingerprint density at radius 1 is 1.18 bits per heavy atom. The summed E-state index contributed by atoms with van der Waals surface area (Å²) in [5, 5.41) is 2.25. The molecule has 1 N–H and O–H groups in total. The molecule has 2 aromatic rings. The van der Waals surface area contributed by atoms with Crippen molar-refractivity contribution in [2.45, 2.75) is 32.1 Å². The number of ether oxygens (including phenoxy) is 1. The molecule has 0 aliphatic carbocycles. The summed E-state index contributed by atoms with van der Waals surface area (Å²) in [6.45, 7) is 4.85. The van der Waals surface area contributed by atoms with Gasteiger partial charge in [0.1, 0.15) is 11.5 Å². The Morgan fingerprint density at radius 3 is 2.34 bits per heavy atom. The molecule has 0 spiro atoms. The molecular formula is C25H32BrF5N4O2S. The van der Waals surface area contributed by atoms with Gasteiger partial charge in [0, 0.05) is 49.3 Å². The number of carbonyl (C=O) groups excluding carboxylic acids is 1. The van der Waals surface area contributed by atoms with E-state index in [9.17, 15) is 22.4 Å². The standard InChI is InChI=1S/C25H32BrF5N4O2S/c1-14-12-35(13-15(2)34(14)3)19-10-18(27)21(26)22(28)23(19)33-24(36)16-11-32-20(9-17(16)25(29,30)31)37-7-8-38(4,5)6/h9-11,14-15H,7-8,12-13H2,1-6H3,(H,33,36)/t14-,15+. The lowest BCUT2D eigenvalue weighted by Gasteiger charge is -2.44. The van der Waals surface area contributed by atoms with Gasteiger partial charge in [-0.1, -0.05) is 0 Å². The van der Waals surface area contributed by atoms with Crippen LogP contribution in [0.3, 0.4) is 0 Å². The van der Waals surface area contributed by atoms with Crippen LogP contribution in [0.15, 0.2) is 22.8 Å². The molecule has 0 saturated carbocycles. The summed E-state index contributed by atoms with van der Waals surface area (Å²) in [5.41, 5.74) is -2.46. The Bertz CT molecular complexity index is 1180. The third kappa shape index (κ3) is 7.09. The maximum atomic E-state index is 15.3. The second-order valence-corrected chi connectivity index (χ2v) is 15.7. The predicted octanol–water partition coefficient (Wildman–Crippen LogP) is 6.00. The smallest absolute Gasteiger partial charge is 0.417 e. The summed E-state index contributed by atoms with van der Waals surface area (Å²) >= 11 is 2.83. The van der Waals surface area contributed by atoms with E-state index >= 15 is 4.39 Å². The fourth-order valence-corrected chi connectivity index (χ4v) is 4.96. The third-order valence-electron chi connectivity index (χ3n) is 6.45. The van der Waals surface area contributed by atoms with Gasteiger partial charge in [-0.05, 0) is 55.6 Å². The number of rotatable bonds is 7. The molecule has 1 aliphatic rings. The highest BCUT2D eigenvalue weighted by molar-refractivity contribution is 9.10. The number of amides is 1. The number of nitrogens with one attached hydrogen (secondary N) is 1. The molecule has 6 nitrogen and oxygen atoms in total. The lowest BCUT2D eigenvalue weighted by molar-refractivity contribution is -0.138. The number of piperazine rings is 1. The van der Waals surface area contributed by atoms with Gasteiger partial charge < -0.3 is 15.0 Å². The highest BCUT2D eigenvalue weighted by Gasteiger charge is 2.37. The molecule has 1 amide bonds. The van der Waals surface area contributed by atoms with Crippen LogP contribution in [0.5, 0.6) is 5.88 Å². The van der Waals surface area contributed by atoms with Gasteiger partial charge in [0.05, 0.1) is 27.9 Å². The van der Waals surface area contributed by atoms with Gasteiger partial charge in [0.25, 0.3) is 5.91 Å². The topological polar surface area (TPSA) is 57.7 Å². The number of hydrogen-bond donors (Lipinski definition) is 1. The van der Waals surface area contributed by atoms with Gasteiger partial charge in [-0.15, -0.1) is 0 Å². The molecule has 1 aromatic heterocycles. The summed E-state index contributed by atoms with van der Waals surface area (Å²) in [5.74, 6) is -2.87. The Morgan fingerprint density at radius 2 is 1.79 bits per heavy atom. The molecule has 1 aromatic carbocycles. The molecule has 1 fully saturated rings. The molecule has 2 heterocycles. The molecular weight excluding hydrogens is 595 g/mol. The van der Waals surface area contributed by atoms with Crippen molar-refractivity contribution in [2.24, 2.45) is 0 Å². The van der Waals surface area contributed by atoms with Crippen LogP contribution in [0.2, 0.25) is 0 Å². The van der Waals surface area contributed by atoms with Crippen molar-refractivity contribution in [2.75, 3.05) is 61.5 Å². The second kappa shape index (κ2) is 11.5. The maximum Gasteiger partial charge on any atom is 0.417 e. The number of benzene rings is 1. The third-order valence-corrected chi connectivity index (χ3v) is 8.57. The highest BCUT2D eigenvalue weighted by atomic mass is 79.9. The van der Waals surface area contributed by atoms with E-state index in [2.05, 4.69) is 31.1 Å². The van der Waals surface area contributed by atoms with E-state index in [1.165, 1.54) is 0 Å². The van der Waals surface area contributed by atoms with Gasteiger partial charge in [0.2, 0.25) is 5.88 Å². The largest absolute Gasteiger partial charge is 0.477 e. The Hall–Kier alpha value is -2.12. The average Bonchev–Trinajstić information content (AvgIpc) is 2.81. The number of hydrogen-bond acceptors (Lipinski definition) is 5. The van der Waals surface area contributed by atoms with Crippen molar-refractivity contribution in [1.82, 2.24) is 9.88 Å². The molecule has 0 unspecified atom stereocenters. The van der Waals surface area contributed by atoms with E-state index in [1.54, 1.807) is 4.90 Å². The van der Waals surface area contributed by atoms with Crippen molar-refractivity contribution in [3.05, 3.63) is 45.6 Å². The molecule has 1 aliphatic heterocycles. The van der Waals surface area contributed by atoms with E-state index in [1.807, 2.05) is 39.7 Å². The number of anilines is 2. The first-order valence-electron chi connectivity index (χ1n) is 11.8. The van der Waals surface area contributed by atoms with E-state index in [0.717, 1.165) is 12.3 Å².